The topological polar surface area (TPSA) is 104 Å². The van der Waals surface area contributed by atoms with Crippen LogP contribution in [0.4, 0.5) is 0 Å². The number of nitrogens with zero attached hydrogens (tertiary/aromatic N) is 6. The number of fused-ring (bicyclic) bond motifs is 7. The fourth-order valence-electron chi connectivity index (χ4n) is 16.6. The van der Waals surface area contributed by atoms with E-state index in [0.29, 0.717) is 23.6 Å². The van der Waals surface area contributed by atoms with Gasteiger partial charge in [0.15, 0.2) is 0 Å². The zero-order valence-electron chi connectivity index (χ0n) is 57.3. The normalized spacial score (nSPS) is 12.9. The van der Waals surface area contributed by atoms with Crippen LogP contribution in [0.15, 0.2) is 385 Å². The molecule has 18 aromatic rings. The molecule has 0 atom stereocenters. The standard InChI is InChI=1S/C98H62N6O2/c1-7-23-69(24-8-1)93-101-103-95(105-93)71-51-43-65(44-52-71)63-39-47-67(48-40-63)89-90(68-49-41-64(42-50-68)66-45-53-72(54-46-66)96-104-102-94(106-96)70-25-9-2-10-26-70)100-92-80(74-56-58-84-82-36-20-22-38-86(82)98(88(84)62-74,77-31-15-5-16-32-77)78-33-17-6-18-34-78)60-59-79(91(92)99-89)73-55-57-83-81-35-19-21-37-85(81)97(87(83)61-73,75-27-11-3-12-28-75)76-29-13-4-14-30-76/h1-62H. The fraction of sp³-hybridized carbons (Fsp3) is 0.0204. The summed E-state index contributed by atoms with van der Waals surface area (Å²) >= 11 is 0. The van der Waals surface area contributed by atoms with Crippen LogP contribution < -0.4 is 0 Å². The van der Waals surface area contributed by atoms with E-state index >= 15 is 0 Å². The molecule has 0 saturated heterocycles. The summed E-state index contributed by atoms with van der Waals surface area (Å²) in [5.41, 5.74) is 29.7. The third-order valence-electron chi connectivity index (χ3n) is 21.5. The Labute approximate surface area is 613 Å². The van der Waals surface area contributed by atoms with E-state index in [1.54, 1.807) is 0 Å². The van der Waals surface area contributed by atoms with Gasteiger partial charge in [-0.2, -0.15) is 0 Å². The molecule has 496 valence electrons. The first-order valence-corrected chi connectivity index (χ1v) is 35.8. The van der Waals surface area contributed by atoms with Gasteiger partial charge in [0.05, 0.1) is 33.3 Å². The van der Waals surface area contributed by atoms with Crippen molar-refractivity contribution in [3.63, 3.8) is 0 Å². The van der Waals surface area contributed by atoms with Crippen LogP contribution in [0.25, 0.3) is 146 Å². The largest absolute Gasteiger partial charge is 0.416 e. The molecule has 2 aliphatic rings. The summed E-state index contributed by atoms with van der Waals surface area (Å²) in [6.45, 7) is 0. The lowest BCUT2D eigenvalue weighted by atomic mass is 9.67. The van der Waals surface area contributed by atoms with Crippen molar-refractivity contribution >= 4 is 11.0 Å². The number of hydrogen-bond donors (Lipinski definition) is 0. The van der Waals surface area contributed by atoms with Gasteiger partial charge in [-0.05, 0) is 161 Å². The third-order valence-corrected chi connectivity index (χ3v) is 21.5. The molecule has 0 fully saturated rings. The second-order valence-corrected chi connectivity index (χ2v) is 27.2. The average molecular weight is 1360 g/mol. The Balaban J connectivity index is 0.786. The van der Waals surface area contributed by atoms with Crippen LogP contribution in [0.1, 0.15) is 44.5 Å². The number of benzene rings is 15. The molecule has 106 heavy (non-hydrogen) atoms. The summed E-state index contributed by atoms with van der Waals surface area (Å²) < 4.78 is 12.4. The molecular formula is C98H62N6O2. The van der Waals surface area contributed by atoms with Gasteiger partial charge in [-0.3, -0.25) is 0 Å². The molecule has 0 unspecified atom stereocenters. The van der Waals surface area contributed by atoms with Crippen molar-refractivity contribution in [2.45, 2.75) is 10.8 Å². The highest BCUT2D eigenvalue weighted by Crippen LogP contribution is 2.59. The van der Waals surface area contributed by atoms with Gasteiger partial charge in [0.2, 0.25) is 23.6 Å². The van der Waals surface area contributed by atoms with E-state index in [-0.39, 0.29) is 0 Å². The SMILES string of the molecule is c1ccc(-c2nnc(-c3ccc(-c4ccc(-c5nc6c(-c7ccc8c(c7)C(c7ccccc7)(c7ccccc7)c7ccccc7-8)ccc(-c7ccc8c(c7)C(c7ccccc7)(c7ccccc7)c7ccccc7-8)c6nc5-c5ccc(-c6ccc(-c7nnc(-c8ccccc8)o7)cc6)cc5)cc4)cc3)o2)cc1. The molecule has 0 aliphatic heterocycles. The van der Waals surface area contributed by atoms with E-state index < -0.39 is 10.8 Å². The van der Waals surface area contributed by atoms with E-state index in [1.807, 2.05) is 84.9 Å². The highest BCUT2D eigenvalue weighted by atomic mass is 16.4. The molecule has 0 saturated carbocycles. The van der Waals surface area contributed by atoms with Gasteiger partial charge >= 0.3 is 0 Å². The molecule has 0 N–H and O–H groups in total. The first-order valence-electron chi connectivity index (χ1n) is 35.8. The minimum Gasteiger partial charge on any atom is -0.416 e. The summed E-state index contributed by atoms with van der Waals surface area (Å²) in [7, 11) is 0. The Morgan fingerprint density at radius 1 is 0.179 bits per heavy atom. The zero-order valence-corrected chi connectivity index (χ0v) is 57.3. The van der Waals surface area contributed by atoms with E-state index in [1.165, 1.54) is 66.8 Å². The molecule has 20 rings (SSSR count). The molecule has 0 bridgehead atoms. The Hall–Kier alpha value is -14.1. The van der Waals surface area contributed by atoms with Crippen molar-refractivity contribution in [3.05, 3.63) is 421 Å². The Morgan fingerprint density at radius 3 is 0.736 bits per heavy atom. The van der Waals surface area contributed by atoms with E-state index in [2.05, 4.69) is 312 Å². The van der Waals surface area contributed by atoms with Crippen molar-refractivity contribution in [1.29, 1.82) is 0 Å². The Morgan fingerprint density at radius 2 is 0.415 bits per heavy atom. The molecule has 8 nitrogen and oxygen atoms in total. The van der Waals surface area contributed by atoms with Gasteiger partial charge < -0.3 is 8.83 Å². The van der Waals surface area contributed by atoms with Crippen LogP contribution in [0.5, 0.6) is 0 Å². The molecule has 0 spiro atoms. The minimum atomic E-state index is -0.633. The first-order chi connectivity index (χ1) is 52.5. The quantitative estimate of drug-likeness (QED) is 0.106. The van der Waals surface area contributed by atoms with Gasteiger partial charge in [-0.1, -0.05) is 315 Å². The predicted octanol–water partition coefficient (Wildman–Crippen LogP) is 23.8. The maximum absolute atomic E-state index is 6.18. The van der Waals surface area contributed by atoms with Crippen LogP contribution in [0, 0.1) is 0 Å². The number of rotatable bonds is 14. The summed E-state index contributed by atoms with van der Waals surface area (Å²) in [6, 6.07) is 134. The lowest BCUT2D eigenvalue weighted by molar-refractivity contribution is 0.584. The maximum atomic E-state index is 6.18. The second kappa shape index (κ2) is 25.5. The number of aromatic nitrogens is 6. The first kappa shape index (κ1) is 61.8. The monoisotopic (exact) mass is 1350 g/mol. The molecule has 2 aliphatic carbocycles. The van der Waals surface area contributed by atoms with Gasteiger partial charge in [0.1, 0.15) is 0 Å². The summed E-state index contributed by atoms with van der Waals surface area (Å²) in [5, 5.41) is 17.6. The summed E-state index contributed by atoms with van der Waals surface area (Å²) in [5.74, 6) is 1.87. The smallest absolute Gasteiger partial charge is 0.248 e. The Kier molecular flexibility index (Phi) is 14.8. The van der Waals surface area contributed by atoms with Gasteiger partial charge in [0.25, 0.3) is 0 Å². The number of hydrogen-bond acceptors (Lipinski definition) is 8. The summed E-state index contributed by atoms with van der Waals surface area (Å²) in [6.07, 6.45) is 0. The molecule has 8 heteroatoms. The van der Waals surface area contributed by atoms with E-state index in [0.717, 1.165) is 100 Å². The maximum Gasteiger partial charge on any atom is 0.248 e. The predicted molar refractivity (Wildman–Crippen MR) is 424 cm³/mol. The van der Waals surface area contributed by atoms with Crippen molar-refractivity contribution in [1.82, 2.24) is 30.4 Å². The summed E-state index contributed by atoms with van der Waals surface area (Å²) in [4.78, 5) is 12.2. The van der Waals surface area contributed by atoms with Crippen LogP contribution in [-0.4, -0.2) is 30.4 Å². The van der Waals surface area contributed by atoms with Crippen molar-refractivity contribution in [2.24, 2.45) is 0 Å². The van der Waals surface area contributed by atoms with E-state index in [9.17, 15) is 0 Å². The lowest BCUT2D eigenvalue weighted by Crippen LogP contribution is -2.28. The van der Waals surface area contributed by atoms with Crippen molar-refractivity contribution in [3.8, 4) is 135 Å². The molecule has 3 aromatic heterocycles. The highest BCUT2D eigenvalue weighted by Gasteiger charge is 2.48. The zero-order chi connectivity index (χ0) is 70.1. The van der Waals surface area contributed by atoms with Gasteiger partial charge in [-0.25, -0.2) is 9.97 Å². The van der Waals surface area contributed by atoms with Gasteiger partial charge in [0, 0.05) is 44.5 Å². The van der Waals surface area contributed by atoms with Crippen molar-refractivity contribution < 1.29 is 8.83 Å². The molecule has 15 aromatic carbocycles. The highest BCUT2D eigenvalue weighted by molar-refractivity contribution is 6.05. The lowest BCUT2D eigenvalue weighted by Gasteiger charge is -2.34. The second-order valence-electron chi connectivity index (χ2n) is 27.2. The molecular weight excluding hydrogens is 1290 g/mol. The van der Waals surface area contributed by atoms with Crippen LogP contribution in [0.2, 0.25) is 0 Å². The van der Waals surface area contributed by atoms with Crippen LogP contribution in [-0.2, 0) is 10.8 Å². The minimum absolute atomic E-state index is 0.459. The third kappa shape index (κ3) is 10.1. The average Bonchev–Trinajstić information content (AvgIpc) is 1.53. The van der Waals surface area contributed by atoms with Gasteiger partial charge in [-0.15, -0.1) is 20.4 Å². The fourth-order valence-corrected chi connectivity index (χ4v) is 16.6. The molecule has 0 radical (unpaired) electrons. The van der Waals surface area contributed by atoms with Crippen LogP contribution in [0.3, 0.4) is 0 Å². The van der Waals surface area contributed by atoms with Crippen molar-refractivity contribution in [2.75, 3.05) is 0 Å². The molecule has 0 amide bonds. The van der Waals surface area contributed by atoms with Crippen LogP contribution >= 0.6 is 0 Å². The Bertz CT molecular complexity index is 5860. The van der Waals surface area contributed by atoms with E-state index in [4.69, 9.17) is 18.8 Å². The molecule has 3 heterocycles.